The topological polar surface area (TPSA) is 50.8 Å². The summed E-state index contributed by atoms with van der Waals surface area (Å²) in [6.07, 6.45) is 0.219. The number of hydrogen-bond acceptors (Lipinski definition) is 4. The predicted octanol–water partition coefficient (Wildman–Crippen LogP) is 4.13. The van der Waals surface area contributed by atoms with Crippen LogP contribution >= 0.6 is 11.6 Å². The highest BCUT2D eigenvalue weighted by Crippen LogP contribution is 2.38. The molecule has 27 heavy (non-hydrogen) atoms. The van der Waals surface area contributed by atoms with Crippen LogP contribution < -0.4 is 14.8 Å². The Morgan fingerprint density at radius 1 is 1.11 bits per heavy atom. The van der Waals surface area contributed by atoms with Gasteiger partial charge in [-0.1, -0.05) is 37.6 Å². The van der Waals surface area contributed by atoms with Crippen molar-refractivity contribution in [2.45, 2.75) is 26.8 Å². The summed E-state index contributed by atoms with van der Waals surface area (Å²) in [4.78, 5) is 14.8. The zero-order valence-electron chi connectivity index (χ0n) is 15.8. The van der Waals surface area contributed by atoms with Crippen molar-refractivity contribution in [3.63, 3.8) is 0 Å². The third-order valence-corrected chi connectivity index (χ3v) is 4.81. The van der Waals surface area contributed by atoms with E-state index >= 15 is 0 Å². The molecular weight excluding hydrogens is 364 g/mol. The van der Waals surface area contributed by atoms with E-state index in [4.69, 9.17) is 21.1 Å². The molecule has 2 aromatic rings. The van der Waals surface area contributed by atoms with Crippen molar-refractivity contribution in [1.29, 1.82) is 0 Å². The fraction of sp³-hybridized carbons (Fsp3) is 0.381. The highest BCUT2D eigenvalue weighted by Gasteiger charge is 2.17. The van der Waals surface area contributed by atoms with Gasteiger partial charge in [-0.05, 0) is 48.5 Å². The van der Waals surface area contributed by atoms with Gasteiger partial charge in [0, 0.05) is 12.2 Å². The van der Waals surface area contributed by atoms with Gasteiger partial charge in [0.1, 0.15) is 13.2 Å². The molecule has 1 aliphatic heterocycles. The Kier molecular flexibility index (Phi) is 6.58. The fourth-order valence-corrected chi connectivity index (χ4v) is 3.40. The molecule has 0 spiro atoms. The van der Waals surface area contributed by atoms with Crippen LogP contribution in [0.2, 0.25) is 5.02 Å². The number of ether oxygens (including phenoxy) is 2. The summed E-state index contributed by atoms with van der Waals surface area (Å²) in [5.74, 6) is 1.05. The highest BCUT2D eigenvalue weighted by molar-refractivity contribution is 6.32. The maximum atomic E-state index is 12.5. The van der Waals surface area contributed by atoms with Gasteiger partial charge < -0.3 is 14.8 Å². The Bertz CT molecular complexity index is 806. The van der Waals surface area contributed by atoms with Gasteiger partial charge in [0.2, 0.25) is 5.91 Å². The number of fused-ring (bicyclic) bond motifs is 1. The third kappa shape index (κ3) is 5.15. The van der Waals surface area contributed by atoms with Crippen LogP contribution in [0, 0.1) is 0 Å². The first-order valence-corrected chi connectivity index (χ1v) is 9.66. The standard InChI is InChI=1S/C21H25ClN2O3/c1-3-24(4-2)14-15-6-5-7-17(10-15)23-20(25)13-16-11-18(22)21-19(12-16)26-8-9-27-21/h5-7,10-12H,3-4,8-9,13-14H2,1-2H3,(H,23,25). The van der Waals surface area contributed by atoms with Gasteiger partial charge in [-0.3, -0.25) is 9.69 Å². The van der Waals surface area contributed by atoms with Gasteiger partial charge in [-0.2, -0.15) is 0 Å². The molecule has 0 aliphatic carbocycles. The van der Waals surface area contributed by atoms with E-state index in [2.05, 4.69) is 30.1 Å². The lowest BCUT2D eigenvalue weighted by Gasteiger charge is -2.20. The second-order valence-electron chi connectivity index (χ2n) is 6.49. The van der Waals surface area contributed by atoms with E-state index in [1.165, 1.54) is 5.56 Å². The molecule has 1 aliphatic rings. The van der Waals surface area contributed by atoms with Crippen LogP contribution in [-0.2, 0) is 17.8 Å². The molecule has 0 fully saturated rings. The van der Waals surface area contributed by atoms with Gasteiger partial charge in [0.25, 0.3) is 0 Å². The Hall–Kier alpha value is -2.24. The molecule has 0 unspecified atom stereocenters. The van der Waals surface area contributed by atoms with Crippen molar-refractivity contribution < 1.29 is 14.3 Å². The van der Waals surface area contributed by atoms with E-state index in [0.29, 0.717) is 29.7 Å². The second kappa shape index (κ2) is 9.11. The first-order valence-electron chi connectivity index (χ1n) is 9.28. The lowest BCUT2D eigenvalue weighted by Crippen LogP contribution is -2.22. The van der Waals surface area contributed by atoms with E-state index in [0.717, 1.165) is 30.9 Å². The molecule has 0 aromatic heterocycles. The number of amides is 1. The third-order valence-electron chi connectivity index (χ3n) is 4.53. The minimum absolute atomic E-state index is 0.0947. The van der Waals surface area contributed by atoms with E-state index < -0.39 is 0 Å². The first-order chi connectivity index (χ1) is 13.1. The number of anilines is 1. The number of nitrogens with one attached hydrogen (secondary N) is 1. The molecule has 2 aromatic carbocycles. The number of carbonyl (C=O) groups excluding carboxylic acids is 1. The number of carbonyl (C=O) groups is 1. The van der Waals surface area contributed by atoms with E-state index in [-0.39, 0.29) is 12.3 Å². The van der Waals surface area contributed by atoms with Gasteiger partial charge in [-0.15, -0.1) is 0 Å². The molecule has 0 atom stereocenters. The molecule has 1 heterocycles. The van der Waals surface area contributed by atoms with Crippen molar-refractivity contribution in [3.05, 3.63) is 52.5 Å². The number of benzene rings is 2. The molecule has 0 radical (unpaired) electrons. The maximum absolute atomic E-state index is 12.5. The molecule has 1 N–H and O–H groups in total. The number of halogens is 1. The fourth-order valence-electron chi connectivity index (χ4n) is 3.11. The quantitative estimate of drug-likeness (QED) is 0.774. The van der Waals surface area contributed by atoms with Gasteiger partial charge in [-0.25, -0.2) is 0 Å². The maximum Gasteiger partial charge on any atom is 0.228 e. The van der Waals surface area contributed by atoms with Crippen LogP contribution in [0.25, 0.3) is 0 Å². The molecule has 5 nitrogen and oxygen atoms in total. The summed E-state index contributed by atoms with van der Waals surface area (Å²) in [6, 6.07) is 11.5. The van der Waals surface area contributed by atoms with Gasteiger partial charge in [0.05, 0.1) is 11.4 Å². The summed E-state index contributed by atoms with van der Waals surface area (Å²) in [5, 5.41) is 3.44. The monoisotopic (exact) mass is 388 g/mol. The van der Waals surface area contributed by atoms with Crippen LogP contribution in [0.15, 0.2) is 36.4 Å². The van der Waals surface area contributed by atoms with Crippen LogP contribution in [0.3, 0.4) is 0 Å². The number of hydrogen-bond donors (Lipinski definition) is 1. The normalized spacial score (nSPS) is 12.9. The largest absolute Gasteiger partial charge is 0.486 e. The SMILES string of the molecule is CCN(CC)Cc1cccc(NC(=O)Cc2cc(Cl)c3c(c2)OCCO3)c1. The molecule has 1 amide bonds. The second-order valence-corrected chi connectivity index (χ2v) is 6.90. The van der Waals surface area contributed by atoms with E-state index in [1.807, 2.05) is 24.3 Å². The van der Waals surface area contributed by atoms with Crippen molar-refractivity contribution in [2.75, 3.05) is 31.6 Å². The summed E-state index contributed by atoms with van der Waals surface area (Å²) in [6.45, 7) is 8.13. The highest BCUT2D eigenvalue weighted by atomic mass is 35.5. The smallest absolute Gasteiger partial charge is 0.228 e. The average Bonchev–Trinajstić information content (AvgIpc) is 2.66. The lowest BCUT2D eigenvalue weighted by atomic mass is 10.1. The number of rotatable bonds is 7. The summed E-state index contributed by atoms with van der Waals surface area (Å²) in [7, 11) is 0. The summed E-state index contributed by atoms with van der Waals surface area (Å²) >= 11 is 6.25. The van der Waals surface area contributed by atoms with E-state index in [9.17, 15) is 4.79 Å². The molecule has 3 rings (SSSR count). The lowest BCUT2D eigenvalue weighted by molar-refractivity contribution is -0.115. The van der Waals surface area contributed by atoms with Crippen LogP contribution in [-0.4, -0.2) is 37.1 Å². The number of nitrogens with zero attached hydrogens (tertiary/aromatic N) is 1. The van der Waals surface area contributed by atoms with Crippen molar-refractivity contribution in [3.8, 4) is 11.5 Å². The first kappa shape index (κ1) is 19.5. The molecule has 6 heteroatoms. The minimum atomic E-state index is -0.0947. The minimum Gasteiger partial charge on any atom is -0.486 e. The summed E-state index contributed by atoms with van der Waals surface area (Å²) in [5.41, 5.74) is 2.77. The van der Waals surface area contributed by atoms with E-state index in [1.54, 1.807) is 6.07 Å². The van der Waals surface area contributed by atoms with Crippen LogP contribution in [0.5, 0.6) is 11.5 Å². The van der Waals surface area contributed by atoms with Gasteiger partial charge >= 0.3 is 0 Å². The molecule has 0 saturated heterocycles. The van der Waals surface area contributed by atoms with Crippen molar-refractivity contribution in [2.24, 2.45) is 0 Å². The molecule has 144 valence electrons. The predicted molar refractivity (Wildman–Crippen MR) is 108 cm³/mol. The van der Waals surface area contributed by atoms with Crippen molar-refractivity contribution >= 4 is 23.2 Å². The Labute approximate surface area is 165 Å². The van der Waals surface area contributed by atoms with Crippen LogP contribution in [0.4, 0.5) is 5.69 Å². The summed E-state index contributed by atoms with van der Waals surface area (Å²) < 4.78 is 11.1. The molecular formula is C21H25ClN2O3. The zero-order chi connectivity index (χ0) is 19.2. The Morgan fingerprint density at radius 3 is 2.67 bits per heavy atom. The molecule has 0 bridgehead atoms. The van der Waals surface area contributed by atoms with Crippen molar-refractivity contribution in [1.82, 2.24) is 4.90 Å². The van der Waals surface area contributed by atoms with Crippen LogP contribution in [0.1, 0.15) is 25.0 Å². The average molecular weight is 389 g/mol. The Balaban J connectivity index is 1.65. The zero-order valence-corrected chi connectivity index (χ0v) is 16.5. The molecule has 0 saturated carbocycles. The Morgan fingerprint density at radius 2 is 1.89 bits per heavy atom. The van der Waals surface area contributed by atoms with Gasteiger partial charge in [0.15, 0.2) is 11.5 Å².